The van der Waals surface area contributed by atoms with E-state index in [-0.39, 0.29) is 5.92 Å². The molecule has 86 valence electrons. The van der Waals surface area contributed by atoms with Crippen molar-refractivity contribution in [2.75, 3.05) is 13.3 Å². The zero-order chi connectivity index (χ0) is 11.7. The van der Waals surface area contributed by atoms with E-state index in [4.69, 9.17) is 0 Å². The summed E-state index contributed by atoms with van der Waals surface area (Å²) in [7, 11) is -1.76. The van der Waals surface area contributed by atoms with Crippen LogP contribution in [0.5, 0.6) is 0 Å². The summed E-state index contributed by atoms with van der Waals surface area (Å²) in [6.07, 6.45) is 6.22. The highest BCUT2D eigenvalue weighted by Crippen LogP contribution is 2.25. The van der Waals surface area contributed by atoms with Crippen molar-refractivity contribution in [2.24, 2.45) is 10.9 Å². The maximum atomic E-state index is 11.5. The molecule has 0 bridgehead atoms. The molecule has 0 saturated heterocycles. The van der Waals surface area contributed by atoms with Gasteiger partial charge in [0.05, 0.1) is 6.26 Å². The molecule has 1 N–H and O–H groups in total. The third kappa shape index (κ3) is 2.21. The van der Waals surface area contributed by atoms with Gasteiger partial charge in [0.2, 0.25) is 15.8 Å². The van der Waals surface area contributed by atoms with Crippen molar-refractivity contribution in [1.29, 1.82) is 0 Å². The van der Waals surface area contributed by atoms with Gasteiger partial charge in [-0.2, -0.15) is 4.31 Å². The number of allylic oxidation sites excluding steroid dienone is 1. The van der Waals surface area contributed by atoms with Gasteiger partial charge in [0.15, 0.2) is 0 Å². The topological polar surface area (TPSA) is 61.8 Å². The Morgan fingerprint density at radius 3 is 2.40 bits per heavy atom. The van der Waals surface area contributed by atoms with Gasteiger partial charge >= 0.3 is 0 Å². The van der Waals surface area contributed by atoms with E-state index in [9.17, 15) is 8.42 Å². The average Bonchev–Trinajstić information content (AvgIpc) is 2.16. The fourth-order valence-corrected chi connectivity index (χ4v) is 2.33. The lowest BCUT2D eigenvalue weighted by molar-refractivity contribution is 0.131. The van der Waals surface area contributed by atoms with E-state index in [2.05, 4.69) is 10.3 Å². The highest BCUT2D eigenvalue weighted by atomic mass is 32.2. The van der Waals surface area contributed by atoms with Gasteiger partial charge < -0.3 is 5.32 Å². The van der Waals surface area contributed by atoms with Crippen molar-refractivity contribution in [3.63, 3.8) is 0 Å². The number of hydrogen-bond donors (Lipinski definition) is 1. The zero-order valence-corrected chi connectivity index (χ0v) is 10.2. The number of nitrogens with one attached hydrogen (secondary N) is 1. The second-order valence-corrected chi connectivity index (χ2v) is 5.91. The third-order valence-electron chi connectivity index (χ3n) is 2.53. The minimum absolute atomic E-state index is 0.0263. The second-order valence-electron chi connectivity index (χ2n) is 3.89. The molecular formula is C9H17N3O2S. The van der Waals surface area contributed by atoms with Crippen molar-refractivity contribution < 1.29 is 8.42 Å². The van der Waals surface area contributed by atoms with E-state index in [1.165, 1.54) is 17.6 Å². The van der Waals surface area contributed by atoms with Gasteiger partial charge in [0.25, 0.3) is 0 Å². The van der Waals surface area contributed by atoms with E-state index in [0.29, 0.717) is 0 Å². The molecule has 1 heterocycles. The fourth-order valence-electron chi connectivity index (χ4n) is 1.51. The van der Waals surface area contributed by atoms with Gasteiger partial charge in [0.1, 0.15) is 0 Å². The summed E-state index contributed by atoms with van der Waals surface area (Å²) in [6, 6.07) is 0. The number of aliphatic imine (C=N–C) groups is 1. The highest BCUT2D eigenvalue weighted by Gasteiger charge is 2.41. The SMILES string of the molecule is CC(C)C1(N(C)S(C)(=O)=O)N=CC=CN1. The summed E-state index contributed by atoms with van der Waals surface area (Å²) < 4.78 is 24.3. The van der Waals surface area contributed by atoms with Crippen LogP contribution < -0.4 is 5.32 Å². The molecule has 0 aliphatic carbocycles. The lowest BCUT2D eigenvalue weighted by Crippen LogP contribution is -2.60. The van der Waals surface area contributed by atoms with Crippen LogP contribution in [0.25, 0.3) is 0 Å². The quantitative estimate of drug-likeness (QED) is 0.763. The summed E-state index contributed by atoms with van der Waals surface area (Å²) in [5.74, 6) is -0.874. The van der Waals surface area contributed by atoms with Crippen molar-refractivity contribution in [3.05, 3.63) is 12.3 Å². The molecule has 0 aromatic carbocycles. The van der Waals surface area contributed by atoms with Gasteiger partial charge in [-0.3, -0.25) is 0 Å². The van der Waals surface area contributed by atoms with Gasteiger partial charge in [-0.1, -0.05) is 13.8 Å². The molecule has 1 rings (SSSR count). The minimum Gasteiger partial charge on any atom is -0.354 e. The number of rotatable bonds is 3. The van der Waals surface area contributed by atoms with Crippen molar-refractivity contribution >= 4 is 16.2 Å². The Kier molecular flexibility index (Phi) is 3.20. The van der Waals surface area contributed by atoms with Crippen molar-refractivity contribution in [1.82, 2.24) is 9.62 Å². The predicted molar refractivity (Wildman–Crippen MR) is 60.9 cm³/mol. The Labute approximate surface area is 90.9 Å². The Balaban J connectivity index is 3.14. The third-order valence-corrected chi connectivity index (χ3v) is 3.81. The molecular weight excluding hydrogens is 214 g/mol. The first-order valence-corrected chi connectivity index (χ1v) is 6.57. The average molecular weight is 231 g/mol. The van der Waals surface area contributed by atoms with Crippen molar-refractivity contribution in [3.8, 4) is 0 Å². The Morgan fingerprint density at radius 2 is 2.07 bits per heavy atom. The maximum Gasteiger partial charge on any atom is 0.214 e. The molecule has 0 saturated carbocycles. The molecule has 0 spiro atoms. The van der Waals surface area contributed by atoms with Crippen LogP contribution in [-0.4, -0.2) is 38.0 Å². The molecule has 6 heteroatoms. The summed E-state index contributed by atoms with van der Waals surface area (Å²) in [5, 5.41) is 3.01. The molecule has 0 aromatic rings. The fraction of sp³-hybridized carbons (Fsp3) is 0.667. The Morgan fingerprint density at radius 1 is 1.47 bits per heavy atom. The smallest absolute Gasteiger partial charge is 0.214 e. The summed E-state index contributed by atoms with van der Waals surface area (Å²) >= 11 is 0. The van der Waals surface area contributed by atoms with E-state index in [1.807, 2.05) is 13.8 Å². The van der Waals surface area contributed by atoms with Crippen LogP contribution >= 0.6 is 0 Å². The first-order chi connectivity index (χ1) is 6.81. The molecule has 0 fully saturated rings. The maximum absolute atomic E-state index is 11.5. The lowest BCUT2D eigenvalue weighted by Gasteiger charge is -2.41. The summed E-state index contributed by atoms with van der Waals surface area (Å²) in [6.45, 7) is 3.84. The van der Waals surface area contributed by atoms with Crippen LogP contribution in [0, 0.1) is 5.92 Å². The monoisotopic (exact) mass is 231 g/mol. The predicted octanol–water partition coefficient (Wildman–Crippen LogP) is 0.375. The first-order valence-electron chi connectivity index (χ1n) is 4.73. The number of hydrogen-bond acceptors (Lipinski definition) is 4. The van der Waals surface area contributed by atoms with Crippen LogP contribution in [-0.2, 0) is 10.0 Å². The van der Waals surface area contributed by atoms with Crippen LogP contribution in [0.15, 0.2) is 17.3 Å². The van der Waals surface area contributed by atoms with Crippen LogP contribution in [0.2, 0.25) is 0 Å². The molecule has 1 aliphatic heterocycles. The van der Waals surface area contributed by atoms with Gasteiger partial charge in [0, 0.05) is 25.4 Å². The molecule has 0 amide bonds. The standard InChI is InChI=1S/C9H17N3O2S/c1-8(2)9(10-6-5-7-11-9)12(3)15(4,13)14/h5-8,10H,1-4H3. The van der Waals surface area contributed by atoms with Crippen LogP contribution in [0.1, 0.15) is 13.8 Å². The first kappa shape index (κ1) is 12.2. The molecule has 5 nitrogen and oxygen atoms in total. The number of nitrogens with zero attached hydrogens (tertiary/aromatic N) is 2. The van der Waals surface area contributed by atoms with Crippen LogP contribution in [0.3, 0.4) is 0 Å². The van der Waals surface area contributed by atoms with E-state index < -0.39 is 15.8 Å². The van der Waals surface area contributed by atoms with Gasteiger partial charge in [-0.05, 0) is 6.08 Å². The van der Waals surface area contributed by atoms with E-state index in [1.54, 1.807) is 18.5 Å². The van der Waals surface area contributed by atoms with Crippen LogP contribution in [0.4, 0.5) is 0 Å². The highest BCUT2D eigenvalue weighted by molar-refractivity contribution is 7.88. The van der Waals surface area contributed by atoms with Crippen molar-refractivity contribution in [2.45, 2.75) is 19.6 Å². The zero-order valence-electron chi connectivity index (χ0n) is 9.43. The van der Waals surface area contributed by atoms with Gasteiger partial charge in [-0.25, -0.2) is 13.4 Å². The minimum atomic E-state index is -3.28. The summed E-state index contributed by atoms with van der Waals surface area (Å²) in [4.78, 5) is 4.25. The normalized spacial score (nSPS) is 26.0. The molecule has 0 radical (unpaired) electrons. The van der Waals surface area contributed by atoms with E-state index >= 15 is 0 Å². The lowest BCUT2D eigenvalue weighted by atomic mass is 10.1. The Hall–Kier alpha value is -0.880. The number of sulfonamides is 1. The second kappa shape index (κ2) is 3.94. The molecule has 15 heavy (non-hydrogen) atoms. The molecule has 0 aromatic heterocycles. The molecule has 1 atom stereocenters. The largest absolute Gasteiger partial charge is 0.354 e. The molecule has 1 unspecified atom stereocenters. The molecule has 1 aliphatic rings. The van der Waals surface area contributed by atoms with E-state index in [0.717, 1.165) is 0 Å². The summed E-state index contributed by atoms with van der Waals surface area (Å²) in [5.41, 5.74) is 0. The van der Waals surface area contributed by atoms with Gasteiger partial charge in [-0.15, -0.1) is 0 Å². The Bertz CT molecular complexity index is 386.